The Morgan fingerprint density at radius 2 is 2.00 bits per heavy atom. The average molecular weight is 296 g/mol. The van der Waals surface area contributed by atoms with Crippen molar-refractivity contribution in [3.63, 3.8) is 0 Å². The number of nitrogens with two attached hydrogens (primary N) is 1. The average Bonchev–Trinajstić information content (AvgIpc) is 2.44. The van der Waals surface area contributed by atoms with Crippen molar-refractivity contribution in [3.8, 4) is 11.5 Å². The highest BCUT2D eigenvalue weighted by atomic mass is 16.5. The Balaban J connectivity index is 2.82. The molecule has 0 heterocycles. The van der Waals surface area contributed by atoms with Crippen molar-refractivity contribution < 1.29 is 19.4 Å². The third-order valence-electron chi connectivity index (χ3n) is 3.06. The molecule has 0 fully saturated rings. The molecule has 6 nitrogen and oxygen atoms in total. The Bertz CT molecular complexity index is 489. The molecule has 1 aromatic carbocycles. The van der Waals surface area contributed by atoms with E-state index in [0.29, 0.717) is 23.8 Å². The van der Waals surface area contributed by atoms with Crippen LogP contribution < -0.4 is 20.5 Å². The summed E-state index contributed by atoms with van der Waals surface area (Å²) in [5, 5.41) is 12.5. The maximum atomic E-state index is 12.2. The molecule has 0 radical (unpaired) electrons. The van der Waals surface area contributed by atoms with Crippen molar-refractivity contribution in [1.82, 2.24) is 5.32 Å². The molecule has 1 amide bonds. The van der Waals surface area contributed by atoms with Crippen LogP contribution in [0, 0.1) is 5.92 Å². The fraction of sp³-hybridized carbons (Fsp3) is 0.533. The van der Waals surface area contributed by atoms with Gasteiger partial charge in [-0.2, -0.15) is 0 Å². The summed E-state index contributed by atoms with van der Waals surface area (Å²) in [6.07, 6.45) is 0.0414. The van der Waals surface area contributed by atoms with Crippen LogP contribution in [0.2, 0.25) is 0 Å². The molecular formula is C15H24N2O4. The highest BCUT2D eigenvalue weighted by Crippen LogP contribution is 2.30. The van der Waals surface area contributed by atoms with Crippen molar-refractivity contribution in [2.45, 2.75) is 26.4 Å². The number of nitrogens with one attached hydrogen (secondary N) is 1. The molecule has 0 saturated heterocycles. The van der Waals surface area contributed by atoms with Gasteiger partial charge in [-0.05, 0) is 18.4 Å². The minimum Gasteiger partial charge on any atom is -0.497 e. The normalized spacial score (nSPS) is 12.1. The van der Waals surface area contributed by atoms with Crippen LogP contribution in [-0.4, -0.2) is 37.9 Å². The summed E-state index contributed by atoms with van der Waals surface area (Å²) in [5.74, 6) is 0.850. The van der Waals surface area contributed by atoms with Gasteiger partial charge >= 0.3 is 0 Å². The van der Waals surface area contributed by atoms with Crippen LogP contribution in [0.1, 0.15) is 30.6 Å². The van der Waals surface area contributed by atoms with Crippen LogP contribution in [0.5, 0.6) is 11.5 Å². The van der Waals surface area contributed by atoms with Gasteiger partial charge in [0, 0.05) is 12.6 Å². The summed E-state index contributed by atoms with van der Waals surface area (Å²) in [7, 11) is 2.97. The Labute approximate surface area is 125 Å². The number of benzene rings is 1. The summed E-state index contributed by atoms with van der Waals surface area (Å²) < 4.78 is 10.2. The molecule has 4 N–H and O–H groups in total. The number of aliphatic hydroxyl groups is 1. The van der Waals surface area contributed by atoms with Gasteiger partial charge in [-0.1, -0.05) is 13.8 Å². The third kappa shape index (κ3) is 4.82. The lowest BCUT2D eigenvalue weighted by molar-refractivity contribution is 0.0900. The molecule has 1 atom stereocenters. The van der Waals surface area contributed by atoms with Crippen molar-refractivity contribution in [2.24, 2.45) is 5.92 Å². The van der Waals surface area contributed by atoms with Crippen LogP contribution in [0.15, 0.2) is 12.1 Å². The Morgan fingerprint density at radius 1 is 1.33 bits per heavy atom. The number of hydrogen-bond donors (Lipinski definition) is 3. The van der Waals surface area contributed by atoms with Gasteiger partial charge in [-0.3, -0.25) is 4.79 Å². The van der Waals surface area contributed by atoms with E-state index in [0.717, 1.165) is 0 Å². The zero-order chi connectivity index (χ0) is 16.0. The molecule has 1 unspecified atom stereocenters. The molecule has 21 heavy (non-hydrogen) atoms. The van der Waals surface area contributed by atoms with E-state index in [4.69, 9.17) is 15.2 Å². The van der Waals surface area contributed by atoms with Crippen molar-refractivity contribution in [3.05, 3.63) is 17.7 Å². The van der Waals surface area contributed by atoms with E-state index < -0.39 is 6.10 Å². The first-order valence-electron chi connectivity index (χ1n) is 6.86. The molecule has 1 aromatic rings. The van der Waals surface area contributed by atoms with Crippen molar-refractivity contribution in [2.75, 3.05) is 26.5 Å². The zero-order valence-corrected chi connectivity index (χ0v) is 13.0. The van der Waals surface area contributed by atoms with Gasteiger partial charge in [-0.25, -0.2) is 0 Å². The van der Waals surface area contributed by atoms with E-state index in [-0.39, 0.29) is 23.7 Å². The fourth-order valence-corrected chi connectivity index (χ4v) is 2.01. The lowest BCUT2D eigenvalue weighted by Crippen LogP contribution is -2.33. The molecule has 0 bridgehead atoms. The summed E-state index contributed by atoms with van der Waals surface area (Å²) >= 11 is 0. The summed E-state index contributed by atoms with van der Waals surface area (Å²) in [5.41, 5.74) is 6.41. The Morgan fingerprint density at radius 3 is 2.52 bits per heavy atom. The van der Waals surface area contributed by atoms with E-state index in [2.05, 4.69) is 5.32 Å². The number of rotatable bonds is 7. The number of anilines is 1. The number of ether oxygens (including phenoxy) is 2. The molecule has 0 aromatic heterocycles. The molecular weight excluding hydrogens is 272 g/mol. The maximum absolute atomic E-state index is 12.2. The monoisotopic (exact) mass is 296 g/mol. The first kappa shape index (κ1) is 17.1. The van der Waals surface area contributed by atoms with Crippen LogP contribution in [0.4, 0.5) is 5.69 Å². The van der Waals surface area contributed by atoms with Crippen molar-refractivity contribution >= 4 is 11.6 Å². The second-order valence-electron chi connectivity index (χ2n) is 5.28. The second-order valence-corrected chi connectivity index (χ2v) is 5.28. The molecule has 0 aliphatic heterocycles. The molecule has 6 heteroatoms. The summed E-state index contributed by atoms with van der Waals surface area (Å²) in [4.78, 5) is 12.2. The highest BCUT2D eigenvalue weighted by Gasteiger charge is 2.17. The minimum absolute atomic E-state index is 0.177. The highest BCUT2D eigenvalue weighted by molar-refractivity contribution is 6.00. The first-order valence-corrected chi connectivity index (χ1v) is 6.86. The number of carbonyl (C=O) groups is 1. The Kier molecular flexibility index (Phi) is 6.30. The second kappa shape index (κ2) is 7.73. The van der Waals surface area contributed by atoms with Crippen LogP contribution in [0.25, 0.3) is 0 Å². The maximum Gasteiger partial charge on any atom is 0.253 e. The van der Waals surface area contributed by atoms with Gasteiger partial charge in [0.05, 0.1) is 31.6 Å². The van der Waals surface area contributed by atoms with Crippen molar-refractivity contribution in [1.29, 1.82) is 0 Å². The Hall–Kier alpha value is -1.95. The van der Waals surface area contributed by atoms with Gasteiger partial charge in [0.15, 0.2) is 0 Å². The van der Waals surface area contributed by atoms with Gasteiger partial charge in [0.25, 0.3) is 5.91 Å². The first-order chi connectivity index (χ1) is 9.88. The fourth-order valence-electron chi connectivity index (χ4n) is 2.01. The van der Waals surface area contributed by atoms with Gasteiger partial charge in [-0.15, -0.1) is 0 Å². The van der Waals surface area contributed by atoms with Crippen LogP contribution in [0.3, 0.4) is 0 Å². The van der Waals surface area contributed by atoms with Gasteiger partial charge in [0.2, 0.25) is 0 Å². The molecule has 1 rings (SSSR count). The van der Waals surface area contributed by atoms with E-state index in [1.807, 2.05) is 13.8 Å². The lowest BCUT2D eigenvalue weighted by atomic mass is 10.1. The number of aliphatic hydroxyl groups excluding tert-OH is 1. The summed E-state index contributed by atoms with van der Waals surface area (Å²) in [6, 6.07) is 3.15. The predicted molar refractivity (Wildman–Crippen MR) is 81.8 cm³/mol. The van der Waals surface area contributed by atoms with E-state index in [9.17, 15) is 9.90 Å². The minimum atomic E-state index is -0.581. The molecule has 0 aliphatic rings. The molecule has 0 spiro atoms. The van der Waals surface area contributed by atoms with Crippen LogP contribution >= 0.6 is 0 Å². The van der Waals surface area contributed by atoms with Gasteiger partial charge < -0.3 is 25.6 Å². The van der Waals surface area contributed by atoms with Crippen LogP contribution in [-0.2, 0) is 0 Å². The predicted octanol–water partition coefficient (Wildman–Crippen LogP) is 1.42. The zero-order valence-electron chi connectivity index (χ0n) is 13.0. The smallest absolute Gasteiger partial charge is 0.253 e. The summed E-state index contributed by atoms with van der Waals surface area (Å²) in [6.45, 7) is 4.20. The number of nitrogen functional groups attached to an aromatic ring is 1. The number of carbonyl (C=O) groups excluding carboxylic acids is 1. The van der Waals surface area contributed by atoms with Gasteiger partial charge in [0.1, 0.15) is 11.5 Å². The molecule has 118 valence electrons. The number of amides is 1. The lowest BCUT2D eigenvalue weighted by Gasteiger charge is -2.16. The topological polar surface area (TPSA) is 93.8 Å². The largest absolute Gasteiger partial charge is 0.497 e. The van der Waals surface area contributed by atoms with E-state index in [1.165, 1.54) is 14.2 Å². The number of hydrogen-bond acceptors (Lipinski definition) is 5. The quantitative estimate of drug-likeness (QED) is 0.662. The number of methoxy groups -OCH3 is 2. The molecule has 0 aliphatic carbocycles. The SMILES string of the molecule is COc1cc(OC)c(N)c(C(=O)NCC(O)CC(C)C)c1. The van der Waals surface area contributed by atoms with E-state index >= 15 is 0 Å². The third-order valence-corrected chi connectivity index (χ3v) is 3.06. The molecule has 0 saturated carbocycles. The standard InChI is InChI=1S/C15H24N2O4/c1-9(2)5-10(18)8-17-15(19)12-6-11(20-3)7-13(21-4)14(12)16/h6-7,9-10,18H,5,8,16H2,1-4H3,(H,17,19). The van der Waals surface area contributed by atoms with E-state index in [1.54, 1.807) is 12.1 Å².